The molecule has 3 heteroatoms. The van der Waals surface area contributed by atoms with Crippen LogP contribution >= 0.6 is 0 Å². The van der Waals surface area contributed by atoms with Crippen molar-refractivity contribution in [2.24, 2.45) is 5.92 Å². The molecule has 1 rings (SSSR count). The summed E-state index contributed by atoms with van der Waals surface area (Å²) in [5.41, 5.74) is 0. The lowest BCUT2D eigenvalue weighted by atomic mass is 10.0. The summed E-state index contributed by atoms with van der Waals surface area (Å²) in [6, 6.07) is 0.375. The Hall–Kier alpha value is -0.750. The number of ether oxygens (including phenoxy) is 1. The molecule has 0 saturated carbocycles. The van der Waals surface area contributed by atoms with Gasteiger partial charge in [0.15, 0.2) is 6.19 Å². The Morgan fingerprint density at radius 3 is 2.58 bits per heavy atom. The van der Waals surface area contributed by atoms with E-state index in [-0.39, 0.29) is 6.10 Å². The van der Waals surface area contributed by atoms with Gasteiger partial charge in [0, 0.05) is 13.2 Å². The van der Waals surface area contributed by atoms with E-state index >= 15 is 0 Å². The van der Waals surface area contributed by atoms with E-state index in [1.165, 1.54) is 0 Å². The monoisotopic (exact) mass is 168 g/mol. The van der Waals surface area contributed by atoms with Crippen LogP contribution < -0.4 is 0 Å². The zero-order valence-corrected chi connectivity index (χ0v) is 7.95. The summed E-state index contributed by atoms with van der Waals surface area (Å²) >= 11 is 0. The Bertz CT molecular complexity index is 185. The minimum absolute atomic E-state index is 0.247. The Morgan fingerprint density at radius 1 is 1.58 bits per heavy atom. The molecular formula is C9H16N2O. The van der Waals surface area contributed by atoms with Crippen molar-refractivity contribution in [3.8, 4) is 6.19 Å². The van der Waals surface area contributed by atoms with Crippen molar-refractivity contribution in [3.63, 3.8) is 0 Å². The van der Waals surface area contributed by atoms with Crippen molar-refractivity contribution in [2.75, 3.05) is 13.7 Å². The molecule has 2 atom stereocenters. The van der Waals surface area contributed by atoms with Crippen LogP contribution in [0.2, 0.25) is 0 Å². The number of methoxy groups -OCH3 is 1. The highest BCUT2D eigenvalue weighted by Gasteiger charge is 2.33. The second kappa shape index (κ2) is 3.77. The molecule has 68 valence electrons. The minimum Gasteiger partial charge on any atom is -0.380 e. The van der Waals surface area contributed by atoms with Crippen molar-refractivity contribution < 1.29 is 4.74 Å². The fraction of sp³-hybridized carbons (Fsp3) is 0.889. The average Bonchev–Trinajstić information content (AvgIpc) is 2.47. The zero-order chi connectivity index (χ0) is 9.14. The third-order valence-corrected chi connectivity index (χ3v) is 2.54. The van der Waals surface area contributed by atoms with Gasteiger partial charge >= 0.3 is 0 Å². The van der Waals surface area contributed by atoms with Crippen molar-refractivity contribution in [2.45, 2.75) is 32.4 Å². The van der Waals surface area contributed by atoms with E-state index < -0.39 is 0 Å². The van der Waals surface area contributed by atoms with Gasteiger partial charge in [-0.05, 0) is 12.3 Å². The molecule has 1 saturated heterocycles. The minimum atomic E-state index is 0.247. The van der Waals surface area contributed by atoms with Crippen LogP contribution in [-0.4, -0.2) is 30.7 Å². The van der Waals surface area contributed by atoms with Crippen molar-refractivity contribution >= 4 is 0 Å². The molecule has 0 aromatic rings. The van der Waals surface area contributed by atoms with Gasteiger partial charge in [-0.1, -0.05) is 13.8 Å². The van der Waals surface area contributed by atoms with Gasteiger partial charge in [-0.25, -0.2) is 0 Å². The summed E-state index contributed by atoms with van der Waals surface area (Å²) in [4.78, 5) is 1.83. The fourth-order valence-electron chi connectivity index (χ4n) is 1.74. The second-order valence-corrected chi connectivity index (χ2v) is 3.66. The molecular weight excluding hydrogens is 152 g/mol. The Labute approximate surface area is 73.9 Å². The van der Waals surface area contributed by atoms with E-state index in [4.69, 9.17) is 10.00 Å². The lowest BCUT2D eigenvalue weighted by Crippen LogP contribution is -2.29. The first-order chi connectivity index (χ1) is 5.69. The molecule has 0 radical (unpaired) electrons. The maximum absolute atomic E-state index is 8.82. The fourth-order valence-corrected chi connectivity index (χ4v) is 1.74. The van der Waals surface area contributed by atoms with Crippen LogP contribution in [0.25, 0.3) is 0 Å². The summed E-state index contributed by atoms with van der Waals surface area (Å²) in [5.74, 6) is 0.532. The third-order valence-electron chi connectivity index (χ3n) is 2.54. The molecule has 0 aliphatic carbocycles. The number of nitrogens with zero attached hydrogens (tertiary/aromatic N) is 2. The lowest BCUT2D eigenvalue weighted by molar-refractivity contribution is 0.112. The zero-order valence-electron chi connectivity index (χ0n) is 7.95. The van der Waals surface area contributed by atoms with E-state index in [9.17, 15) is 0 Å². The molecule has 0 aromatic carbocycles. The molecule has 0 N–H and O–H groups in total. The van der Waals surface area contributed by atoms with Crippen LogP contribution in [0.3, 0.4) is 0 Å². The number of nitriles is 1. The number of rotatable bonds is 2. The Balaban J connectivity index is 2.58. The first-order valence-corrected chi connectivity index (χ1v) is 4.38. The second-order valence-electron chi connectivity index (χ2n) is 3.66. The van der Waals surface area contributed by atoms with Crippen LogP contribution in [-0.2, 0) is 4.74 Å². The standard InChI is InChI=1S/C9H16N2O/c1-7(2)9-4-8(12-3)5-11(9)6-10/h7-9H,4-5H2,1-3H3/t8-,9?/m1/s1. The maximum atomic E-state index is 8.82. The van der Waals surface area contributed by atoms with Crippen molar-refractivity contribution in [1.82, 2.24) is 4.90 Å². The van der Waals surface area contributed by atoms with E-state index in [0.29, 0.717) is 12.0 Å². The molecule has 0 amide bonds. The largest absolute Gasteiger partial charge is 0.380 e. The summed E-state index contributed by atoms with van der Waals surface area (Å²) in [6.07, 6.45) is 3.45. The predicted octanol–water partition coefficient (Wildman–Crippen LogP) is 1.21. The highest BCUT2D eigenvalue weighted by molar-refractivity contribution is 4.94. The molecule has 0 spiro atoms. The van der Waals surface area contributed by atoms with Crippen LogP contribution in [0.1, 0.15) is 20.3 Å². The van der Waals surface area contributed by atoms with E-state index in [0.717, 1.165) is 13.0 Å². The molecule has 0 bridgehead atoms. The van der Waals surface area contributed by atoms with Crippen LogP contribution in [0.5, 0.6) is 0 Å². The third kappa shape index (κ3) is 1.70. The van der Waals surface area contributed by atoms with Gasteiger partial charge in [0.1, 0.15) is 0 Å². The molecule has 12 heavy (non-hydrogen) atoms. The van der Waals surface area contributed by atoms with Crippen LogP contribution in [0, 0.1) is 17.4 Å². The Morgan fingerprint density at radius 2 is 2.25 bits per heavy atom. The lowest BCUT2D eigenvalue weighted by Gasteiger charge is -2.20. The molecule has 3 nitrogen and oxygen atoms in total. The number of hydrogen-bond donors (Lipinski definition) is 0. The highest BCUT2D eigenvalue weighted by Crippen LogP contribution is 2.24. The SMILES string of the molecule is CO[C@@H]1CC(C(C)C)N(C#N)C1. The smallest absolute Gasteiger partial charge is 0.179 e. The molecule has 1 unspecified atom stereocenters. The van der Waals surface area contributed by atoms with Gasteiger partial charge < -0.3 is 9.64 Å². The number of hydrogen-bond acceptors (Lipinski definition) is 3. The highest BCUT2D eigenvalue weighted by atomic mass is 16.5. The van der Waals surface area contributed by atoms with Gasteiger partial charge in [0.25, 0.3) is 0 Å². The first kappa shape index (κ1) is 9.34. The van der Waals surface area contributed by atoms with E-state index in [1.54, 1.807) is 7.11 Å². The van der Waals surface area contributed by atoms with Crippen LogP contribution in [0.15, 0.2) is 0 Å². The van der Waals surface area contributed by atoms with Crippen molar-refractivity contribution in [3.05, 3.63) is 0 Å². The van der Waals surface area contributed by atoms with Gasteiger partial charge in [0.05, 0.1) is 12.6 Å². The topological polar surface area (TPSA) is 36.3 Å². The molecule has 1 heterocycles. The summed E-state index contributed by atoms with van der Waals surface area (Å²) in [6.45, 7) is 5.05. The molecule has 1 aliphatic rings. The predicted molar refractivity (Wildman–Crippen MR) is 46.4 cm³/mol. The first-order valence-electron chi connectivity index (χ1n) is 4.38. The average molecular weight is 168 g/mol. The van der Waals surface area contributed by atoms with Gasteiger partial charge in [-0.2, -0.15) is 5.26 Å². The number of likely N-dealkylation sites (tertiary alicyclic amines) is 1. The van der Waals surface area contributed by atoms with Gasteiger partial charge in [-0.15, -0.1) is 0 Å². The normalized spacial score (nSPS) is 29.4. The van der Waals surface area contributed by atoms with E-state index in [2.05, 4.69) is 20.0 Å². The summed E-state index contributed by atoms with van der Waals surface area (Å²) in [5, 5.41) is 8.82. The Kier molecular flexibility index (Phi) is 2.93. The molecule has 1 fully saturated rings. The summed E-state index contributed by atoms with van der Waals surface area (Å²) < 4.78 is 5.23. The quantitative estimate of drug-likeness (QED) is 0.581. The van der Waals surface area contributed by atoms with E-state index in [1.807, 2.05) is 4.90 Å². The molecule has 0 aromatic heterocycles. The maximum Gasteiger partial charge on any atom is 0.179 e. The van der Waals surface area contributed by atoms with Gasteiger partial charge in [0.2, 0.25) is 0 Å². The van der Waals surface area contributed by atoms with Gasteiger partial charge in [-0.3, -0.25) is 0 Å². The van der Waals surface area contributed by atoms with Crippen LogP contribution in [0.4, 0.5) is 0 Å². The summed E-state index contributed by atoms with van der Waals surface area (Å²) in [7, 11) is 1.71. The molecule has 1 aliphatic heterocycles. The van der Waals surface area contributed by atoms with Crippen molar-refractivity contribution in [1.29, 1.82) is 5.26 Å².